The molecule has 1 aromatic rings. The highest BCUT2D eigenvalue weighted by molar-refractivity contribution is 5.79. The fraction of sp³-hybridized carbons (Fsp3) is 0.556. The van der Waals surface area contributed by atoms with Crippen LogP contribution in [-0.4, -0.2) is 41.8 Å². The van der Waals surface area contributed by atoms with Gasteiger partial charge in [0, 0.05) is 39.5 Å². The van der Waals surface area contributed by atoms with E-state index < -0.39 is 11.7 Å². The van der Waals surface area contributed by atoms with Gasteiger partial charge in [-0.2, -0.15) is 13.2 Å². The minimum atomic E-state index is -4.40. The van der Waals surface area contributed by atoms with Crippen LogP contribution >= 0.6 is 0 Å². The summed E-state index contributed by atoms with van der Waals surface area (Å²) in [7, 11) is 1.56. The molecule has 0 bridgehead atoms. The summed E-state index contributed by atoms with van der Waals surface area (Å²) in [6.07, 6.45) is -0.842. The average Bonchev–Trinajstić information content (AvgIpc) is 2.76. The highest BCUT2D eigenvalue weighted by atomic mass is 19.4. The molecule has 0 saturated carbocycles. The lowest BCUT2D eigenvalue weighted by Crippen LogP contribution is -2.35. The third-order valence-electron chi connectivity index (χ3n) is 4.37. The highest BCUT2D eigenvalue weighted by Gasteiger charge is 2.30. The molecule has 138 valence electrons. The fourth-order valence-corrected chi connectivity index (χ4v) is 2.90. The van der Waals surface area contributed by atoms with E-state index in [0.717, 1.165) is 31.4 Å². The van der Waals surface area contributed by atoms with Crippen LogP contribution in [0.1, 0.15) is 43.2 Å². The third kappa shape index (κ3) is 5.76. The van der Waals surface area contributed by atoms with Crippen molar-refractivity contribution in [2.45, 2.75) is 44.8 Å². The van der Waals surface area contributed by atoms with E-state index in [1.807, 2.05) is 0 Å². The zero-order valence-corrected chi connectivity index (χ0v) is 14.3. The van der Waals surface area contributed by atoms with Gasteiger partial charge >= 0.3 is 6.18 Å². The minimum Gasteiger partial charge on any atom is -0.342 e. The Labute approximate surface area is 145 Å². The maximum atomic E-state index is 12.7. The van der Waals surface area contributed by atoms with Crippen LogP contribution in [0.15, 0.2) is 24.3 Å². The molecule has 7 heteroatoms. The summed E-state index contributed by atoms with van der Waals surface area (Å²) < 4.78 is 38.2. The van der Waals surface area contributed by atoms with Crippen molar-refractivity contribution in [3.63, 3.8) is 0 Å². The van der Waals surface area contributed by atoms with Gasteiger partial charge in [-0.05, 0) is 30.5 Å². The second-order valence-electron chi connectivity index (χ2n) is 6.39. The summed E-state index contributed by atoms with van der Waals surface area (Å²) >= 11 is 0. The van der Waals surface area contributed by atoms with Gasteiger partial charge in [0.1, 0.15) is 0 Å². The summed E-state index contributed by atoms with van der Waals surface area (Å²) in [5, 5.41) is 0. The largest absolute Gasteiger partial charge is 0.416 e. The summed E-state index contributed by atoms with van der Waals surface area (Å²) in [6.45, 7) is 1.14. The van der Waals surface area contributed by atoms with Crippen molar-refractivity contribution in [3.05, 3.63) is 35.4 Å². The molecule has 4 nitrogen and oxygen atoms in total. The Kier molecular flexibility index (Phi) is 6.45. The molecule has 1 fully saturated rings. The predicted molar refractivity (Wildman–Crippen MR) is 87.6 cm³/mol. The van der Waals surface area contributed by atoms with E-state index in [2.05, 4.69) is 0 Å². The quantitative estimate of drug-likeness (QED) is 0.811. The normalized spacial score (nSPS) is 15.8. The molecule has 0 aliphatic carbocycles. The molecule has 0 aromatic heterocycles. The van der Waals surface area contributed by atoms with Crippen LogP contribution in [0.3, 0.4) is 0 Å². The second kappa shape index (κ2) is 8.36. The van der Waals surface area contributed by atoms with Crippen LogP contribution in [0, 0.1) is 0 Å². The summed E-state index contributed by atoms with van der Waals surface area (Å²) in [4.78, 5) is 27.3. The number of amides is 2. The SMILES string of the molecule is CN(Cc1cccc(C(F)(F)F)c1)C(=O)CCN1CCCCCC1=O. The number of benzene rings is 1. The molecule has 0 atom stereocenters. The summed E-state index contributed by atoms with van der Waals surface area (Å²) in [5.41, 5.74) is -0.294. The van der Waals surface area contributed by atoms with Crippen LogP contribution in [0.5, 0.6) is 0 Å². The average molecular weight is 356 g/mol. The van der Waals surface area contributed by atoms with Crippen molar-refractivity contribution in [1.82, 2.24) is 9.80 Å². The van der Waals surface area contributed by atoms with Crippen molar-refractivity contribution in [3.8, 4) is 0 Å². The number of likely N-dealkylation sites (tertiary alicyclic amines) is 1. The van der Waals surface area contributed by atoms with Gasteiger partial charge in [-0.25, -0.2) is 0 Å². The molecule has 25 heavy (non-hydrogen) atoms. The van der Waals surface area contributed by atoms with Crippen molar-refractivity contribution in [2.75, 3.05) is 20.1 Å². The molecule has 2 amide bonds. The topological polar surface area (TPSA) is 40.6 Å². The van der Waals surface area contributed by atoms with E-state index in [4.69, 9.17) is 0 Å². The fourth-order valence-electron chi connectivity index (χ4n) is 2.90. The van der Waals surface area contributed by atoms with Crippen molar-refractivity contribution in [1.29, 1.82) is 0 Å². The van der Waals surface area contributed by atoms with E-state index in [-0.39, 0.29) is 24.8 Å². The molecule has 1 aliphatic heterocycles. The number of halogens is 3. The molecule has 0 radical (unpaired) electrons. The first-order valence-corrected chi connectivity index (χ1v) is 8.45. The number of hydrogen-bond donors (Lipinski definition) is 0. The predicted octanol–water partition coefficient (Wildman–Crippen LogP) is 3.46. The number of carbonyl (C=O) groups is 2. The van der Waals surface area contributed by atoms with Crippen LogP contribution in [0.2, 0.25) is 0 Å². The molecule has 0 spiro atoms. The first-order valence-electron chi connectivity index (χ1n) is 8.45. The van der Waals surface area contributed by atoms with Gasteiger partial charge in [0.15, 0.2) is 0 Å². The Morgan fingerprint density at radius 1 is 1.24 bits per heavy atom. The van der Waals surface area contributed by atoms with Gasteiger partial charge in [0.25, 0.3) is 0 Å². The Morgan fingerprint density at radius 2 is 2.00 bits per heavy atom. The lowest BCUT2D eigenvalue weighted by atomic mass is 10.1. The van der Waals surface area contributed by atoms with Gasteiger partial charge in [0.2, 0.25) is 11.8 Å². The zero-order valence-electron chi connectivity index (χ0n) is 14.3. The van der Waals surface area contributed by atoms with Gasteiger partial charge in [-0.15, -0.1) is 0 Å². The molecule has 1 aromatic carbocycles. The molecule has 2 rings (SSSR count). The molecular formula is C18H23F3N2O2. The van der Waals surface area contributed by atoms with Gasteiger partial charge < -0.3 is 9.80 Å². The first kappa shape index (κ1) is 19.3. The maximum Gasteiger partial charge on any atom is 0.416 e. The van der Waals surface area contributed by atoms with Crippen molar-refractivity contribution >= 4 is 11.8 Å². The zero-order chi connectivity index (χ0) is 18.4. The monoisotopic (exact) mass is 356 g/mol. The number of alkyl halides is 3. The molecule has 0 N–H and O–H groups in total. The van der Waals surface area contributed by atoms with E-state index in [1.54, 1.807) is 18.0 Å². The standard InChI is InChI=1S/C18H23F3N2O2/c1-22(13-14-6-5-7-15(12-14)18(19,20)21)16(24)9-11-23-10-4-2-3-8-17(23)25/h5-7,12H,2-4,8-11,13H2,1H3. The van der Waals surface area contributed by atoms with E-state index >= 15 is 0 Å². The van der Waals surface area contributed by atoms with Gasteiger partial charge in [-0.3, -0.25) is 9.59 Å². The molecule has 1 saturated heterocycles. The number of hydrogen-bond acceptors (Lipinski definition) is 2. The number of rotatable bonds is 5. The van der Waals surface area contributed by atoms with Gasteiger partial charge in [-0.1, -0.05) is 18.6 Å². The van der Waals surface area contributed by atoms with Crippen LogP contribution in [-0.2, 0) is 22.3 Å². The summed E-state index contributed by atoms with van der Waals surface area (Å²) in [5.74, 6) is -0.111. The lowest BCUT2D eigenvalue weighted by Gasteiger charge is -2.23. The third-order valence-corrected chi connectivity index (χ3v) is 4.37. The molecule has 1 aliphatic rings. The van der Waals surface area contributed by atoms with Crippen LogP contribution in [0.4, 0.5) is 13.2 Å². The molecule has 0 unspecified atom stereocenters. The Bertz CT molecular complexity index is 617. The number of nitrogens with zero attached hydrogens (tertiary/aromatic N) is 2. The number of carbonyl (C=O) groups excluding carboxylic acids is 2. The van der Waals surface area contributed by atoms with E-state index in [0.29, 0.717) is 25.1 Å². The summed E-state index contributed by atoms with van der Waals surface area (Å²) in [6, 6.07) is 4.97. The lowest BCUT2D eigenvalue weighted by molar-refractivity contribution is -0.137. The Balaban J connectivity index is 1.89. The Morgan fingerprint density at radius 3 is 2.72 bits per heavy atom. The maximum absolute atomic E-state index is 12.7. The molecular weight excluding hydrogens is 333 g/mol. The van der Waals surface area contributed by atoms with Crippen LogP contribution in [0.25, 0.3) is 0 Å². The smallest absolute Gasteiger partial charge is 0.342 e. The van der Waals surface area contributed by atoms with Crippen LogP contribution < -0.4 is 0 Å². The first-order chi connectivity index (χ1) is 11.8. The van der Waals surface area contributed by atoms with Crippen molar-refractivity contribution in [2.24, 2.45) is 0 Å². The molecule has 1 heterocycles. The minimum absolute atomic E-state index is 0.0748. The van der Waals surface area contributed by atoms with Gasteiger partial charge in [0.05, 0.1) is 5.56 Å². The highest BCUT2D eigenvalue weighted by Crippen LogP contribution is 2.29. The van der Waals surface area contributed by atoms with E-state index in [1.165, 1.54) is 11.0 Å². The van der Waals surface area contributed by atoms with Crippen molar-refractivity contribution < 1.29 is 22.8 Å². The Hall–Kier alpha value is -2.05. The van der Waals surface area contributed by atoms with E-state index in [9.17, 15) is 22.8 Å². The second-order valence-corrected chi connectivity index (χ2v) is 6.39.